The lowest BCUT2D eigenvalue weighted by atomic mass is 9.99. The Morgan fingerprint density at radius 1 is 1.05 bits per heavy atom. The van der Waals surface area contributed by atoms with Gasteiger partial charge < -0.3 is 14.7 Å². The quantitative estimate of drug-likeness (QED) is 0.375. The molecule has 0 aromatic heterocycles. The van der Waals surface area contributed by atoms with E-state index in [0.717, 1.165) is 34.1 Å². The molecule has 2 N–H and O–H groups in total. The predicted octanol–water partition coefficient (Wildman–Crippen LogP) is 3.48. The molecule has 0 spiro atoms. The van der Waals surface area contributed by atoms with E-state index >= 15 is 0 Å². The molecular formula is C29H34FN3O7S2. The minimum Gasteiger partial charge on any atom is -0.486 e. The lowest BCUT2D eigenvalue weighted by Gasteiger charge is -2.38. The number of hydrogen-bond acceptors (Lipinski definition) is 7. The molecule has 0 unspecified atom stereocenters. The fourth-order valence-electron chi connectivity index (χ4n) is 4.60. The third-order valence-electron chi connectivity index (χ3n) is 7.23. The molecule has 226 valence electrons. The first-order valence-corrected chi connectivity index (χ1v) is 16.2. The molecule has 3 atom stereocenters. The summed E-state index contributed by atoms with van der Waals surface area (Å²) in [6.07, 6.45) is -0.827. The first-order chi connectivity index (χ1) is 19.7. The fraction of sp³-hybridized carbons (Fsp3) is 0.345. The van der Waals surface area contributed by atoms with Crippen molar-refractivity contribution < 1.29 is 35.9 Å². The molecule has 0 saturated heterocycles. The van der Waals surface area contributed by atoms with Gasteiger partial charge in [-0.05, 0) is 62.4 Å². The number of aryl methyl sites for hydroxylation is 1. The summed E-state index contributed by atoms with van der Waals surface area (Å²) in [5.74, 6) is -1.61. The number of carbonyl (C=O) groups excluding carboxylic acids is 1. The van der Waals surface area contributed by atoms with Crippen LogP contribution in [0.1, 0.15) is 29.8 Å². The van der Waals surface area contributed by atoms with Crippen molar-refractivity contribution in [2.45, 2.75) is 42.7 Å². The van der Waals surface area contributed by atoms with E-state index in [9.17, 15) is 31.1 Å². The average Bonchev–Trinajstić information content (AvgIpc) is 2.95. The SMILES string of the molecule is Cc1ccc(S(=O)(=O)N(C)C[C@@H]2Oc3c(NS(=O)(=O)c4ccc(F)cc4)cccc3C(=O)N([C@H](C)CO)C[C@@H]2C)cc1. The molecule has 3 aromatic carbocycles. The highest BCUT2D eigenvalue weighted by Crippen LogP contribution is 2.36. The Balaban J connectivity index is 1.76. The molecule has 10 nitrogen and oxygen atoms in total. The van der Waals surface area contributed by atoms with Gasteiger partial charge in [0.15, 0.2) is 5.75 Å². The fourth-order valence-corrected chi connectivity index (χ4v) is 6.85. The Kier molecular flexibility index (Phi) is 9.26. The standard InChI is InChI=1S/C29H34FN3O7S2/c1-19-8-12-24(13-9-19)42(38,39)32(4)17-27-20(2)16-33(21(3)18-34)29(35)25-6-5-7-26(28(25)40-27)31-41(36,37)23-14-10-22(30)11-15-23/h5-15,20-21,27,31,34H,16-18H2,1-4H3/t20-,21+,27-/m0/s1. The number of anilines is 1. The van der Waals surface area contributed by atoms with Crippen molar-refractivity contribution in [2.24, 2.45) is 5.92 Å². The summed E-state index contributed by atoms with van der Waals surface area (Å²) >= 11 is 0. The van der Waals surface area contributed by atoms with Crippen LogP contribution < -0.4 is 9.46 Å². The van der Waals surface area contributed by atoms with E-state index in [4.69, 9.17) is 4.74 Å². The molecule has 0 saturated carbocycles. The number of para-hydroxylation sites is 1. The van der Waals surface area contributed by atoms with E-state index in [0.29, 0.717) is 0 Å². The van der Waals surface area contributed by atoms with Gasteiger partial charge in [0.05, 0.1) is 40.2 Å². The van der Waals surface area contributed by atoms with Gasteiger partial charge in [-0.2, -0.15) is 4.31 Å². The highest BCUT2D eigenvalue weighted by molar-refractivity contribution is 7.92. The van der Waals surface area contributed by atoms with Crippen LogP contribution >= 0.6 is 0 Å². The molecule has 4 rings (SSSR count). The van der Waals surface area contributed by atoms with Gasteiger partial charge in [-0.1, -0.05) is 30.7 Å². The van der Waals surface area contributed by atoms with Crippen LogP contribution in [0.25, 0.3) is 0 Å². The number of benzene rings is 3. The second-order valence-electron chi connectivity index (χ2n) is 10.5. The maximum absolute atomic E-state index is 13.7. The van der Waals surface area contributed by atoms with Crippen LogP contribution in [0.4, 0.5) is 10.1 Å². The van der Waals surface area contributed by atoms with E-state index in [2.05, 4.69) is 4.72 Å². The second kappa shape index (κ2) is 12.4. The first kappa shape index (κ1) is 31.4. The Hall–Kier alpha value is -3.52. The van der Waals surface area contributed by atoms with Crippen LogP contribution in [0.5, 0.6) is 5.75 Å². The van der Waals surface area contributed by atoms with Gasteiger partial charge in [-0.25, -0.2) is 21.2 Å². The van der Waals surface area contributed by atoms with Crippen LogP contribution in [0.15, 0.2) is 76.5 Å². The van der Waals surface area contributed by atoms with Gasteiger partial charge in [0.25, 0.3) is 15.9 Å². The van der Waals surface area contributed by atoms with Crippen molar-refractivity contribution in [3.8, 4) is 5.75 Å². The number of carbonyl (C=O) groups is 1. The lowest BCUT2D eigenvalue weighted by Crippen LogP contribution is -2.50. The number of halogens is 1. The summed E-state index contributed by atoms with van der Waals surface area (Å²) in [6, 6.07) is 14.5. The highest BCUT2D eigenvalue weighted by atomic mass is 32.2. The van der Waals surface area contributed by atoms with Gasteiger partial charge >= 0.3 is 0 Å². The minimum absolute atomic E-state index is 0.0375. The summed E-state index contributed by atoms with van der Waals surface area (Å²) in [5, 5.41) is 9.89. The number of likely N-dealkylation sites (N-methyl/N-ethyl adjacent to an activating group) is 1. The number of fused-ring (bicyclic) bond motifs is 1. The number of ether oxygens (including phenoxy) is 1. The maximum Gasteiger partial charge on any atom is 0.262 e. The molecule has 1 aliphatic heterocycles. The zero-order valence-electron chi connectivity index (χ0n) is 23.7. The lowest BCUT2D eigenvalue weighted by molar-refractivity contribution is 0.0389. The smallest absolute Gasteiger partial charge is 0.262 e. The first-order valence-electron chi connectivity index (χ1n) is 13.3. The summed E-state index contributed by atoms with van der Waals surface area (Å²) in [4.78, 5) is 15.0. The maximum atomic E-state index is 13.7. The predicted molar refractivity (Wildman–Crippen MR) is 156 cm³/mol. The summed E-state index contributed by atoms with van der Waals surface area (Å²) in [6.45, 7) is 5.02. The van der Waals surface area contributed by atoms with Crippen LogP contribution in [-0.2, 0) is 20.0 Å². The molecule has 1 aliphatic rings. The molecule has 0 bridgehead atoms. The number of nitrogens with one attached hydrogen (secondary N) is 1. The van der Waals surface area contributed by atoms with E-state index in [1.165, 1.54) is 42.3 Å². The van der Waals surface area contributed by atoms with E-state index in [1.54, 1.807) is 26.0 Å². The second-order valence-corrected chi connectivity index (χ2v) is 14.2. The van der Waals surface area contributed by atoms with Gasteiger partial charge in [0, 0.05) is 19.5 Å². The Bertz CT molecular complexity index is 1650. The zero-order valence-corrected chi connectivity index (χ0v) is 25.3. The summed E-state index contributed by atoms with van der Waals surface area (Å²) in [5.41, 5.74) is 0.893. The zero-order chi connectivity index (χ0) is 30.8. The topological polar surface area (TPSA) is 133 Å². The van der Waals surface area contributed by atoms with Crippen molar-refractivity contribution >= 4 is 31.6 Å². The Morgan fingerprint density at radius 2 is 1.67 bits per heavy atom. The Morgan fingerprint density at radius 3 is 2.29 bits per heavy atom. The van der Waals surface area contributed by atoms with Crippen LogP contribution in [-0.4, -0.2) is 75.9 Å². The third-order valence-corrected chi connectivity index (χ3v) is 10.4. The van der Waals surface area contributed by atoms with Gasteiger partial charge in [-0.3, -0.25) is 9.52 Å². The van der Waals surface area contributed by atoms with Crippen molar-refractivity contribution in [1.29, 1.82) is 0 Å². The number of aliphatic hydroxyl groups is 1. The molecule has 0 fully saturated rings. The molecule has 0 radical (unpaired) electrons. The Labute approximate surface area is 245 Å². The van der Waals surface area contributed by atoms with E-state index < -0.39 is 49.8 Å². The van der Waals surface area contributed by atoms with Crippen LogP contribution in [0.3, 0.4) is 0 Å². The number of nitrogens with zero attached hydrogens (tertiary/aromatic N) is 2. The summed E-state index contributed by atoms with van der Waals surface area (Å²) in [7, 11) is -6.71. The largest absolute Gasteiger partial charge is 0.486 e. The number of aliphatic hydroxyl groups excluding tert-OH is 1. The van der Waals surface area contributed by atoms with Crippen molar-refractivity contribution in [3.05, 3.63) is 83.7 Å². The van der Waals surface area contributed by atoms with Crippen molar-refractivity contribution in [3.63, 3.8) is 0 Å². The van der Waals surface area contributed by atoms with Gasteiger partial charge in [0.2, 0.25) is 10.0 Å². The molecule has 13 heteroatoms. The molecular weight excluding hydrogens is 585 g/mol. The van der Waals surface area contributed by atoms with E-state index in [-0.39, 0.29) is 46.5 Å². The number of rotatable bonds is 9. The highest BCUT2D eigenvalue weighted by Gasteiger charge is 2.36. The molecule has 1 heterocycles. The molecule has 3 aromatic rings. The van der Waals surface area contributed by atoms with Crippen LogP contribution in [0.2, 0.25) is 0 Å². The molecule has 0 aliphatic carbocycles. The monoisotopic (exact) mass is 619 g/mol. The molecule has 42 heavy (non-hydrogen) atoms. The van der Waals surface area contributed by atoms with Gasteiger partial charge in [-0.15, -0.1) is 0 Å². The van der Waals surface area contributed by atoms with Crippen molar-refractivity contribution in [1.82, 2.24) is 9.21 Å². The normalized spacial score (nSPS) is 18.5. The number of hydrogen-bond donors (Lipinski definition) is 2. The number of sulfonamides is 2. The molecule has 1 amide bonds. The van der Waals surface area contributed by atoms with Crippen LogP contribution in [0, 0.1) is 18.7 Å². The van der Waals surface area contributed by atoms with Gasteiger partial charge in [0.1, 0.15) is 11.9 Å². The van der Waals surface area contributed by atoms with E-state index in [1.807, 2.05) is 6.92 Å². The van der Waals surface area contributed by atoms with Crippen molar-refractivity contribution in [2.75, 3.05) is 31.5 Å². The average molecular weight is 620 g/mol. The minimum atomic E-state index is -4.22. The summed E-state index contributed by atoms with van der Waals surface area (Å²) < 4.78 is 76.5. The number of amides is 1. The third kappa shape index (κ3) is 6.59.